The van der Waals surface area contributed by atoms with E-state index >= 15 is 0 Å². The first-order valence-electron chi connectivity index (χ1n) is 10.8. The van der Waals surface area contributed by atoms with Crippen molar-refractivity contribution < 1.29 is 14.6 Å². The molecule has 6 heteroatoms. The van der Waals surface area contributed by atoms with Crippen molar-refractivity contribution in [2.75, 3.05) is 6.61 Å². The van der Waals surface area contributed by atoms with Crippen molar-refractivity contribution >= 4 is 19.6 Å². The molecule has 0 bridgehead atoms. The smallest absolute Gasteiger partial charge is 0.332 e. The van der Waals surface area contributed by atoms with Crippen LogP contribution < -0.4 is 0 Å². The number of benzene rings is 1. The molecule has 164 valence electrons. The molecule has 0 atom stereocenters. The van der Waals surface area contributed by atoms with E-state index in [1.807, 2.05) is 37.3 Å². The molecular formula is C24H36N2O3Si. The number of aliphatic carboxylic acids is 1. The monoisotopic (exact) mass is 428 g/mol. The Morgan fingerprint density at radius 3 is 2.50 bits per heavy atom. The lowest BCUT2D eigenvalue weighted by Gasteiger charge is -2.18. The third kappa shape index (κ3) is 7.25. The van der Waals surface area contributed by atoms with Crippen molar-refractivity contribution in [1.29, 1.82) is 0 Å². The zero-order chi connectivity index (χ0) is 22.1. The molecule has 2 rings (SSSR count). The van der Waals surface area contributed by atoms with Crippen molar-refractivity contribution in [2.24, 2.45) is 0 Å². The third-order valence-electron chi connectivity index (χ3n) is 5.23. The fourth-order valence-corrected chi connectivity index (χ4v) is 4.01. The van der Waals surface area contributed by atoms with E-state index in [1.54, 1.807) is 6.20 Å². The zero-order valence-electron chi connectivity index (χ0n) is 19.1. The number of rotatable bonds is 12. The maximum atomic E-state index is 12.1. The van der Waals surface area contributed by atoms with Crippen LogP contribution in [-0.4, -0.2) is 35.3 Å². The molecule has 0 amide bonds. The fourth-order valence-electron chi connectivity index (χ4n) is 3.25. The first kappa shape index (κ1) is 24.1. The maximum absolute atomic E-state index is 12.1. The van der Waals surface area contributed by atoms with Gasteiger partial charge in [0, 0.05) is 33.1 Å². The summed E-state index contributed by atoms with van der Waals surface area (Å²) in [5.41, 5.74) is 2.96. The summed E-state index contributed by atoms with van der Waals surface area (Å²) in [4.78, 5) is 16.7. The Morgan fingerprint density at radius 2 is 1.90 bits per heavy atom. The summed E-state index contributed by atoms with van der Waals surface area (Å²) in [5.74, 6) is 0.0718. The normalized spacial score (nSPS) is 12.7. The number of carboxylic acids is 1. The van der Waals surface area contributed by atoms with E-state index in [4.69, 9.17) is 4.74 Å². The van der Waals surface area contributed by atoms with Gasteiger partial charge in [0.15, 0.2) is 0 Å². The van der Waals surface area contributed by atoms with E-state index in [0.717, 1.165) is 54.6 Å². The van der Waals surface area contributed by atoms with Gasteiger partial charge in [0.05, 0.1) is 11.9 Å². The van der Waals surface area contributed by atoms with Crippen molar-refractivity contribution in [3.63, 3.8) is 0 Å². The Bertz CT molecular complexity index is 851. The Morgan fingerprint density at radius 1 is 1.20 bits per heavy atom. The average molecular weight is 429 g/mol. The number of carboxylic acid groups (broad SMARTS) is 1. The summed E-state index contributed by atoms with van der Waals surface area (Å²) < 4.78 is 8.07. The predicted molar refractivity (Wildman–Crippen MR) is 125 cm³/mol. The van der Waals surface area contributed by atoms with Crippen LogP contribution in [0.3, 0.4) is 0 Å². The highest BCUT2D eigenvalue weighted by Gasteiger charge is 2.19. The quantitative estimate of drug-likeness (QED) is 0.270. The second-order valence-electron chi connectivity index (χ2n) is 9.01. The van der Waals surface area contributed by atoms with Crippen LogP contribution in [0.1, 0.15) is 43.8 Å². The Balaban J connectivity index is 2.32. The molecule has 0 radical (unpaired) electrons. The highest BCUT2D eigenvalue weighted by Crippen LogP contribution is 2.24. The highest BCUT2D eigenvalue weighted by atomic mass is 28.3. The predicted octanol–water partition coefficient (Wildman–Crippen LogP) is 5.64. The van der Waals surface area contributed by atoms with Crippen LogP contribution in [-0.2, 0) is 29.1 Å². The molecule has 0 saturated carbocycles. The average Bonchev–Trinajstić information content (AvgIpc) is 3.10. The van der Waals surface area contributed by atoms with Gasteiger partial charge in [0.2, 0.25) is 0 Å². The van der Waals surface area contributed by atoms with Crippen LogP contribution in [0.25, 0.3) is 5.57 Å². The van der Waals surface area contributed by atoms with Gasteiger partial charge in [-0.05, 0) is 30.5 Å². The number of unbranched alkanes of at least 4 members (excludes halogenated alkanes) is 1. The largest absolute Gasteiger partial charge is 0.478 e. The molecule has 0 saturated heterocycles. The lowest BCUT2D eigenvalue weighted by atomic mass is 9.99. The molecule has 5 nitrogen and oxygen atoms in total. The van der Waals surface area contributed by atoms with E-state index in [1.165, 1.54) is 0 Å². The van der Waals surface area contributed by atoms with Gasteiger partial charge < -0.3 is 14.4 Å². The zero-order valence-corrected chi connectivity index (χ0v) is 20.1. The van der Waals surface area contributed by atoms with Crippen LogP contribution in [0.15, 0.2) is 42.1 Å². The van der Waals surface area contributed by atoms with E-state index < -0.39 is 14.0 Å². The van der Waals surface area contributed by atoms with E-state index in [-0.39, 0.29) is 0 Å². The Labute approximate surface area is 181 Å². The Hall–Kier alpha value is -2.18. The molecule has 1 aromatic heterocycles. The number of imidazole rings is 1. The molecule has 30 heavy (non-hydrogen) atoms. The van der Waals surface area contributed by atoms with Crippen LogP contribution in [0, 0.1) is 0 Å². The number of allylic oxidation sites excluding steroid dienone is 1. The van der Waals surface area contributed by atoms with Crippen molar-refractivity contribution in [3.8, 4) is 0 Å². The number of aryl methyl sites for hydroxylation is 1. The molecule has 0 fully saturated rings. The number of carbonyl (C=O) groups is 1. The molecule has 1 aromatic carbocycles. The van der Waals surface area contributed by atoms with Gasteiger partial charge in [0.25, 0.3) is 0 Å². The SMILES string of the molecule is CCCCc1ncc(/C(C)=C(/Cc2ccccc2)C(=O)O)n1COCC[Si](C)(C)C. The minimum Gasteiger partial charge on any atom is -0.478 e. The van der Waals surface area contributed by atoms with Crippen molar-refractivity contribution in [2.45, 2.75) is 71.9 Å². The van der Waals surface area contributed by atoms with E-state index in [2.05, 4.69) is 36.1 Å². The molecule has 0 unspecified atom stereocenters. The number of aromatic nitrogens is 2. The highest BCUT2D eigenvalue weighted by molar-refractivity contribution is 6.76. The van der Waals surface area contributed by atoms with Gasteiger partial charge in [-0.3, -0.25) is 0 Å². The van der Waals surface area contributed by atoms with E-state index in [9.17, 15) is 9.90 Å². The van der Waals surface area contributed by atoms with Crippen LogP contribution in [0.2, 0.25) is 25.7 Å². The second-order valence-corrected chi connectivity index (χ2v) is 14.6. The molecule has 0 spiro atoms. The third-order valence-corrected chi connectivity index (χ3v) is 6.93. The van der Waals surface area contributed by atoms with Gasteiger partial charge in [-0.25, -0.2) is 9.78 Å². The van der Waals surface area contributed by atoms with Gasteiger partial charge in [-0.1, -0.05) is 63.3 Å². The van der Waals surface area contributed by atoms with Gasteiger partial charge >= 0.3 is 5.97 Å². The number of nitrogens with zero attached hydrogens (tertiary/aromatic N) is 2. The molecule has 2 aromatic rings. The maximum Gasteiger partial charge on any atom is 0.332 e. The number of hydrogen-bond donors (Lipinski definition) is 1. The topological polar surface area (TPSA) is 64.3 Å². The number of hydrogen-bond acceptors (Lipinski definition) is 3. The standard InChI is InChI=1S/C24H36N2O3Si/c1-6-7-13-23-25-17-22(26(23)18-29-14-15-30(3,4)5)19(2)21(24(27)28)16-20-11-9-8-10-12-20/h8-12,17H,6-7,13-16,18H2,1-5H3,(H,27,28)/b21-19-. The minimum atomic E-state index is -1.16. The molecule has 0 aliphatic carbocycles. The van der Waals surface area contributed by atoms with Gasteiger partial charge in [-0.15, -0.1) is 0 Å². The first-order valence-corrected chi connectivity index (χ1v) is 14.5. The minimum absolute atomic E-state index is 0.383. The van der Waals surface area contributed by atoms with Crippen LogP contribution in [0.5, 0.6) is 0 Å². The van der Waals surface area contributed by atoms with Crippen LogP contribution in [0.4, 0.5) is 0 Å². The summed E-state index contributed by atoms with van der Waals surface area (Å²) in [6.07, 6.45) is 5.18. The number of ether oxygens (including phenoxy) is 1. The van der Waals surface area contributed by atoms with Crippen LogP contribution >= 0.6 is 0 Å². The lowest BCUT2D eigenvalue weighted by Crippen LogP contribution is -2.22. The summed E-state index contributed by atoms with van der Waals surface area (Å²) in [6, 6.07) is 10.8. The molecule has 1 heterocycles. The van der Waals surface area contributed by atoms with Gasteiger partial charge in [-0.2, -0.15) is 0 Å². The molecule has 0 aliphatic rings. The molecule has 0 aliphatic heterocycles. The second kappa shape index (κ2) is 11.3. The van der Waals surface area contributed by atoms with Crippen molar-refractivity contribution in [3.05, 3.63) is 59.2 Å². The summed E-state index contributed by atoms with van der Waals surface area (Å²) >= 11 is 0. The van der Waals surface area contributed by atoms with E-state index in [0.29, 0.717) is 18.7 Å². The fraction of sp³-hybridized carbons (Fsp3) is 0.500. The molecular weight excluding hydrogens is 392 g/mol. The Kier molecular flexibility index (Phi) is 9.05. The first-order chi connectivity index (χ1) is 14.2. The van der Waals surface area contributed by atoms with Crippen molar-refractivity contribution in [1.82, 2.24) is 9.55 Å². The summed E-state index contributed by atoms with van der Waals surface area (Å²) in [7, 11) is -1.16. The molecule has 1 N–H and O–H groups in total. The van der Waals surface area contributed by atoms with Gasteiger partial charge in [0.1, 0.15) is 12.6 Å². The summed E-state index contributed by atoms with van der Waals surface area (Å²) in [5, 5.41) is 9.89. The summed E-state index contributed by atoms with van der Waals surface area (Å²) in [6.45, 7) is 12.2. The lowest BCUT2D eigenvalue weighted by molar-refractivity contribution is -0.132.